The van der Waals surface area contributed by atoms with Crippen molar-refractivity contribution in [2.24, 2.45) is 5.10 Å². The van der Waals surface area contributed by atoms with Gasteiger partial charge in [0.15, 0.2) is 11.5 Å². The van der Waals surface area contributed by atoms with Gasteiger partial charge in [-0.3, -0.25) is 5.01 Å². The maximum atomic E-state index is 12.8. The third kappa shape index (κ3) is 5.27. The highest BCUT2D eigenvalue weighted by Gasteiger charge is 2.22. The fraction of sp³-hybridized carbons (Fsp3) is 0.381. The van der Waals surface area contributed by atoms with Crippen LogP contribution in [-0.2, 0) is 10.1 Å². The Hall–Kier alpha value is -2.58. The van der Waals surface area contributed by atoms with Crippen LogP contribution in [-0.4, -0.2) is 60.0 Å². The van der Waals surface area contributed by atoms with Gasteiger partial charge in [0.25, 0.3) is 0 Å². The molecule has 1 heterocycles. The average Bonchev–Trinajstić information content (AvgIpc) is 2.70. The number of ether oxygens (including phenoxy) is 1. The first-order valence-corrected chi connectivity index (χ1v) is 11.0. The van der Waals surface area contributed by atoms with Gasteiger partial charge in [-0.05, 0) is 54.8 Å². The summed E-state index contributed by atoms with van der Waals surface area (Å²) in [4.78, 5) is 1.66. The summed E-state index contributed by atoms with van der Waals surface area (Å²) < 4.78 is 36.3. The van der Waals surface area contributed by atoms with E-state index in [1.807, 2.05) is 18.0 Å². The SMILES string of the molecule is COc1cc(/C=N\N2CC[NH+](C)CC2)ccc1OS(=O)(=O)c1cc(C)ccc1C. The third-order valence-electron chi connectivity index (χ3n) is 4.96. The van der Waals surface area contributed by atoms with Gasteiger partial charge in [0, 0.05) is 0 Å². The Morgan fingerprint density at radius 3 is 2.48 bits per heavy atom. The maximum Gasteiger partial charge on any atom is 0.339 e. The molecule has 1 aliphatic rings. The van der Waals surface area contributed by atoms with Gasteiger partial charge in [-0.25, -0.2) is 0 Å². The quantitative estimate of drug-likeness (QED) is 0.565. The van der Waals surface area contributed by atoms with Gasteiger partial charge < -0.3 is 13.8 Å². The Labute approximate surface area is 172 Å². The summed E-state index contributed by atoms with van der Waals surface area (Å²) in [7, 11) is -0.310. The highest BCUT2D eigenvalue weighted by molar-refractivity contribution is 7.87. The monoisotopic (exact) mass is 418 g/mol. The van der Waals surface area contributed by atoms with E-state index >= 15 is 0 Å². The molecule has 1 N–H and O–H groups in total. The Balaban J connectivity index is 1.79. The molecule has 1 aliphatic heterocycles. The van der Waals surface area contributed by atoms with Crippen LogP contribution >= 0.6 is 0 Å². The lowest BCUT2D eigenvalue weighted by atomic mass is 10.2. The van der Waals surface area contributed by atoms with Crippen molar-refractivity contribution in [1.29, 1.82) is 0 Å². The minimum absolute atomic E-state index is 0.147. The molecule has 0 unspecified atom stereocenters. The van der Waals surface area contributed by atoms with Gasteiger partial charge >= 0.3 is 10.1 Å². The smallest absolute Gasteiger partial charge is 0.339 e. The number of rotatable bonds is 6. The lowest BCUT2D eigenvalue weighted by molar-refractivity contribution is -0.884. The number of nitrogens with zero attached hydrogens (tertiary/aromatic N) is 2. The number of likely N-dealkylation sites (N-methyl/N-ethyl adjacent to an activating group) is 1. The first kappa shape index (κ1) is 21.1. The summed E-state index contributed by atoms with van der Waals surface area (Å²) in [6.07, 6.45) is 1.76. The Kier molecular flexibility index (Phi) is 6.44. The maximum absolute atomic E-state index is 12.8. The highest BCUT2D eigenvalue weighted by Crippen LogP contribution is 2.31. The van der Waals surface area contributed by atoms with E-state index < -0.39 is 10.1 Å². The van der Waals surface area contributed by atoms with Crippen LogP contribution in [0.5, 0.6) is 11.5 Å². The van der Waals surface area contributed by atoms with Gasteiger partial charge in [0.2, 0.25) is 0 Å². The molecule has 156 valence electrons. The van der Waals surface area contributed by atoms with Crippen molar-refractivity contribution in [2.75, 3.05) is 40.3 Å². The topological polar surface area (TPSA) is 72.6 Å². The number of benzene rings is 2. The second-order valence-corrected chi connectivity index (χ2v) is 8.89. The standard InChI is InChI=1S/C21H27N3O4S/c1-16-5-6-17(2)21(13-16)29(25,26)28-19-8-7-18(14-20(19)27-4)15-22-24-11-9-23(3)10-12-24/h5-8,13-15H,9-12H2,1-4H3/p+1/b22-15-. The summed E-state index contributed by atoms with van der Waals surface area (Å²) >= 11 is 0. The predicted molar refractivity (Wildman–Crippen MR) is 113 cm³/mol. The van der Waals surface area contributed by atoms with Crippen molar-refractivity contribution in [1.82, 2.24) is 5.01 Å². The number of nitrogens with one attached hydrogen (secondary N) is 1. The zero-order chi connectivity index (χ0) is 21.0. The lowest BCUT2D eigenvalue weighted by Gasteiger charge is -2.27. The third-order valence-corrected chi connectivity index (χ3v) is 6.34. The predicted octanol–water partition coefficient (Wildman–Crippen LogP) is 1.24. The molecular weight excluding hydrogens is 390 g/mol. The zero-order valence-corrected chi connectivity index (χ0v) is 18.1. The fourth-order valence-corrected chi connectivity index (χ4v) is 4.37. The molecule has 1 fully saturated rings. The van der Waals surface area contributed by atoms with Crippen molar-refractivity contribution >= 4 is 16.3 Å². The van der Waals surface area contributed by atoms with Crippen LogP contribution in [0, 0.1) is 13.8 Å². The summed E-state index contributed by atoms with van der Waals surface area (Å²) in [6.45, 7) is 7.53. The normalized spacial score (nSPS) is 15.7. The first-order valence-electron chi connectivity index (χ1n) is 9.58. The number of piperazine rings is 1. The van der Waals surface area contributed by atoms with Crippen LogP contribution in [0.4, 0.5) is 0 Å². The molecule has 0 atom stereocenters. The van der Waals surface area contributed by atoms with E-state index in [0.29, 0.717) is 11.3 Å². The van der Waals surface area contributed by atoms with E-state index in [1.165, 1.54) is 12.0 Å². The van der Waals surface area contributed by atoms with Gasteiger partial charge in [0.05, 0.1) is 46.6 Å². The molecule has 0 bridgehead atoms. The van der Waals surface area contributed by atoms with Crippen LogP contribution in [0.1, 0.15) is 16.7 Å². The molecule has 8 heteroatoms. The van der Waals surface area contributed by atoms with Crippen LogP contribution in [0.2, 0.25) is 0 Å². The van der Waals surface area contributed by atoms with Crippen molar-refractivity contribution in [2.45, 2.75) is 18.7 Å². The van der Waals surface area contributed by atoms with Crippen molar-refractivity contribution in [3.8, 4) is 11.5 Å². The van der Waals surface area contributed by atoms with E-state index in [1.54, 1.807) is 43.5 Å². The lowest BCUT2D eigenvalue weighted by Crippen LogP contribution is -3.11. The summed E-state index contributed by atoms with van der Waals surface area (Å²) in [6, 6.07) is 10.3. The van der Waals surface area contributed by atoms with Crippen molar-refractivity contribution in [3.05, 3.63) is 53.1 Å². The van der Waals surface area contributed by atoms with E-state index in [0.717, 1.165) is 37.3 Å². The zero-order valence-electron chi connectivity index (χ0n) is 17.3. The minimum atomic E-state index is -3.97. The molecule has 0 radical (unpaired) electrons. The first-order chi connectivity index (χ1) is 13.8. The van der Waals surface area contributed by atoms with Gasteiger partial charge in [-0.15, -0.1) is 0 Å². The largest absolute Gasteiger partial charge is 0.493 e. The van der Waals surface area contributed by atoms with E-state index in [2.05, 4.69) is 12.1 Å². The Bertz CT molecular complexity index is 997. The number of methoxy groups -OCH3 is 1. The van der Waals surface area contributed by atoms with E-state index in [4.69, 9.17) is 8.92 Å². The molecule has 0 aliphatic carbocycles. The fourth-order valence-electron chi connectivity index (χ4n) is 3.11. The number of hydrazone groups is 1. The van der Waals surface area contributed by atoms with Crippen molar-refractivity contribution in [3.63, 3.8) is 0 Å². The molecule has 0 saturated carbocycles. The summed E-state index contributed by atoms with van der Waals surface area (Å²) in [5.74, 6) is 0.486. The van der Waals surface area contributed by atoms with E-state index in [-0.39, 0.29) is 10.6 Å². The van der Waals surface area contributed by atoms with Gasteiger partial charge in [-0.2, -0.15) is 13.5 Å². The molecule has 2 aromatic rings. The Morgan fingerprint density at radius 1 is 1.07 bits per heavy atom. The minimum Gasteiger partial charge on any atom is -0.493 e. The van der Waals surface area contributed by atoms with E-state index in [9.17, 15) is 8.42 Å². The van der Waals surface area contributed by atoms with Crippen LogP contribution in [0.25, 0.3) is 0 Å². The average molecular weight is 419 g/mol. The summed E-state index contributed by atoms with van der Waals surface area (Å²) in [5.41, 5.74) is 2.29. The number of quaternary nitrogens is 1. The summed E-state index contributed by atoms with van der Waals surface area (Å²) in [5, 5.41) is 6.55. The molecule has 29 heavy (non-hydrogen) atoms. The molecule has 3 rings (SSSR count). The molecular formula is C21H28N3O4S+. The Morgan fingerprint density at radius 2 is 1.79 bits per heavy atom. The number of aryl methyl sites for hydroxylation is 2. The molecule has 0 spiro atoms. The van der Waals surface area contributed by atoms with Gasteiger partial charge in [0.1, 0.15) is 4.90 Å². The number of hydrogen-bond acceptors (Lipinski definition) is 6. The van der Waals surface area contributed by atoms with Crippen LogP contribution in [0.15, 0.2) is 46.4 Å². The molecule has 1 saturated heterocycles. The highest BCUT2D eigenvalue weighted by atomic mass is 32.2. The second-order valence-electron chi connectivity index (χ2n) is 7.37. The molecule has 0 amide bonds. The van der Waals surface area contributed by atoms with Gasteiger partial charge in [-0.1, -0.05) is 12.1 Å². The van der Waals surface area contributed by atoms with Crippen LogP contribution < -0.4 is 13.8 Å². The second kappa shape index (κ2) is 8.84. The van der Waals surface area contributed by atoms with Crippen molar-refractivity contribution < 1.29 is 22.2 Å². The molecule has 7 nitrogen and oxygen atoms in total. The van der Waals surface area contributed by atoms with Crippen LogP contribution in [0.3, 0.4) is 0 Å². The molecule has 0 aromatic heterocycles. The number of hydrogen-bond donors (Lipinski definition) is 1. The molecule has 2 aromatic carbocycles.